The molecule has 0 saturated carbocycles. The highest BCUT2D eigenvalue weighted by Crippen LogP contribution is 2.32. The molecule has 27 heavy (non-hydrogen) atoms. The number of carbonyl (C=O) groups excluding carboxylic acids is 1. The number of methoxy groups -OCH3 is 1. The van der Waals surface area contributed by atoms with Gasteiger partial charge in [-0.2, -0.15) is 18.3 Å². The number of rotatable bonds is 5. The van der Waals surface area contributed by atoms with E-state index in [9.17, 15) is 18.0 Å². The lowest BCUT2D eigenvalue weighted by atomic mass is 10.1. The molecule has 3 aromatic rings. The molecule has 0 aliphatic heterocycles. The van der Waals surface area contributed by atoms with Crippen LogP contribution in [0.25, 0.3) is 16.9 Å². The highest BCUT2D eigenvalue weighted by Gasteiger charge is 2.35. The first-order valence-corrected chi connectivity index (χ1v) is 8.12. The summed E-state index contributed by atoms with van der Waals surface area (Å²) in [7, 11) is 1.48. The number of fused-ring (bicyclic) bond motifs is 1. The van der Waals surface area contributed by atoms with E-state index in [4.69, 9.17) is 4.74 Å². The lowest BCUT2D eigenvalue weighted by molar-refractivity contribution is -0.142. The molecule has 0 aliphatic rings. The van der Waals surface area contributed by atoms with E-state index < -0.39 is 17.8 Å². The quantitative estimate of drug-likeness (QED) is 0.693. The van der Waals surface area contributed by atoms with Crippen molar-refractivity contribution >= 4 is 11.6 Å². The number of hydrogen-bond acceptors (Lipinski definition) is 4. The fraction of sp³-hybridized carbons (Fsp3) is 0.278. The van der Waals surface area contributed by atoms with Crippen molar-refractivity contribution in [2.24, 2.45) is 0 Å². The molecular weight excluding hydrogens is 361 g/mol. The zero-order chi connectivity index (χ0) is 19.6. The number of carbonyl (C=O) groups is 1. The number of hydrogen-bond donors (Lipinski definition) is 1. The molecule has 6 nitrogen and oxygen atoms in total. The summed E-state index contributed by atoms with van der Waals surface area (Å²) in [5.74, 6) is -0.595. The van der Waals surface area contributed by atoms with Gasteiger partial charge in [0, 0.05) is 25.3 Å². The Hall–Kier alpha value is -2.94. The molecule has 0 atom stereocenters. The molecule has 0 bridgehead atoms. The van der Waals surface area contributed by atoms with Crippen LogP contribution in [0.15, 0.2) is 36.4 Å². The van der Waals surface area contributed by atoms with Gasteiger partial charge >= 0.3 is 6.18 Å². The highest BCUT2D eigenvalue weighted by molar-refractivity contribution is 5.93. The van der Waals surface area contributed by atoms with E-state index in [1.807, 2.05) is 6.92 Å². The van der Waals surface area contributed by atoms with E-state index in [1.165, 1.54) is 13.2 Å². The number of benzene rings is 1. The first-order valence-electron chi connectivity index (χ1n) is 8.12. The van der Waals surface area contributed by atoms with Crippen molar-refractivity contribution in [2.75, 3.05) is 20.3 Å². The number of ether oxygens (including phenoxy) is 1. The summed E-state index contributed by atoms with van der Waals surface area (Å²) in [5.41, 5.74) is 0.471. The van der Waals surface area contributed by atoms with Crippen LogP contribution in [0.5, 0.6) is 0 Å². The van der Waals surface area contributed by atoms with Crippen molar-refractivity contribution in [3.05, 3.63) is 53.3 Å². The van der Waals surface area contributed by atoms with Crippen molar-refractivity contribution in [3.63, 3.8) is 0 Å². The largest absolute Gasteiger partial charge is 0.433 e. The molecule has 2 aromatic heterocycles. The summed E-state index contributed by atoms with van der Waals surface area (Å²) in [6.07, 6.45) is -4.66. The minimum absolute atomic E-state index is 0.0581. The van der Waals surface area contributed by atoms with Crippen LogP contribution in [0.3, 0.4) is 0 Å². The van der Waals surface area contributed by atoms with Gasteiger partial charge in [-0.3, -0.25) is 4.79 Å². The van der Waals surface area contributed by atoms with Crippen LogP contribution < -0.4 is 5.32 Å². The number of alkyl halides is 3. The minimum Gasteiger partial charge on any atom is -0.383 e. The topological polar surface area (TPSA) is 68.5 Å². The molecule has 3 rings (SSSR count). The zero-order valence-electron chi connectivity index (χ0n) is 14.7. The number of amides is 1. The van der Waals surface area contributed by atoms with Gasteiger partial charge in [-0.05, 0) is 13.0 Å². The van der Waals surface area contributed by atoms with Crippen molar-refractivity contribution in [2.45, 2.75) is 13.1 Å². The summed E-state index contributed by atoms with van der Waals surface area (Å²) in [6, 6.07) is 9.14. The number of aryl methyl sites for hydroxylation is 1. The van der Waals surface area contributed by atoms with Crippen LogP contribution in [0.2, 0.25) is 0 Å². The summed E-state index contributed by atoms with van der Waals surface area (Å²) in [6.45, 7) is 2.38. The van der Waals surface area contributed by atoms with Gasteiger partial charge < -0.3 is 10.1 Å². The van der Waals surface area contributed by atoms with Crippen LogP contribution in [0.4, 0.5) is 13.2 Å². The monoisotopic (exact) mass is 378 g/mol. The van der Waals surface area contributed by atoms with Gasteiger partial charge in [0.1, 0.15) is 0 Å². The molecule has 1 N–H and O–H groups in total. The number of nitrogens with one attached hydrogen (secondary N) is 1. The molecule has 0 radical (unpaired) electrons. The zero-order valence-corrected chi connectivity index (χ0v) is 14.7. The molecule has 0 aliphatic carbocycles. The number of nitrogens with zero attached hydrogens (tertiary/aromatic N) is 3. The van der Waals surface area contributed by atoms with Gasteiger partial charge in [0.05, 0.1) is 12.3 Å². The molecule has 2 heterocycles. The fourth-order valence-electron chi connectivity index (χ4n) is 2.52. The van der Waals surface area contributed by atoms with E-state index in [0.29, 0.717) is 10.1 Å². The second-order valence-corrected chi connectivity index (χ2v) is 5.94. The second-order valence-electron chi connectivity index (χ2n) is 5.94. The maximum absolute atomic E-state index is 13.5. The van der Waals surface area contributed by atoms with Crippen molar-refractivity contribution in [1.82, 2.24) is 19.9 Å². The van der Waals surface area contributed by atoms with Crippen LogP contribution in [0.1, 0.15) is 21.7 Å². The molecule has 0 saturated heterocycles. The third-order valence-electron chi connectivity index (χ3n) is 3.89. The second kappa shape index (κ2) is 7.36. The molecule has 1 amide bonds. The van der Waals surface area contributed by atoms with E-state index >= 15 is 0 Å². The molecule has 0 fully saturated rings. The molecule has 0 unspecified atom stereocenters. The van der Waals surface area contributed by atoms with Gasteiger partial charge in [-0.1, -0.05) is 29.8 Å². The van der Waals surface area contributed by atoms with Crippen molar-refractivity contribution < 1.29 is 22.7 Å². The first kappa shape index (κ1) is 18.8. The average Bonchev–Trinajstić information content (AvgIpc) is 3.05. The van der Waals surface area contributed by atoms with Gasteiger partial charge in [-0.15, -0.1) is 0 Å². The number of aromatic nitrogens is 3. The smallest absolute Gasteiger partial charge is 0.383 e. The molecular formula is C18H17F3N4O2. The molecule has 0 spiro atoms. The summed E-state index contributed by atoms with van der Waals surface area (Å²) in [5, 5.41) is 6.31. The number of halogens is 3. The van der Waals surface area contributed by atoms with Gasteiger partial charge in [0.15, 0.2) is 17.0 Å². The van der Waals surface area contributed by atoms with Crippen LogP contribution in [-0.4, -0.2) is 40.8 Å². The van der Waals surface area contributed by atoms with E-state index in [1.54, 1.807) is 24.3 Å². The Balaban J connectivity index is 2.07. The summed E-state index contributed by atoms with van der Waals surface area (Å²) >= 11 is 0. The maximum Gasteiger partial charge on any atom is 0.433 e. The van der Waals surface area contributed by atoms with Gasteiger partial charge in [0.2, 0.25) is 0 Å². The summed E-state index contributed by atoms with van der Waals surface area (Å²) < 4.78 is 46.1. The Morgan fingerprint density at radius 2 is 1.93 bits per heavy atom. The third kappa shape index (κ3) is 4.08. The Kier molecular flexibility index (Phi) is 5.13. The Morgan fingerprint density at radius 3 is 2.56 bits per heavy atom. The van der Waals surface area contributed by atoms with E-state index in [2.05, 4.69) is 15.4 Å². The first-order chi connectivity index (χ1) is 12.8. The third-order valence-corrected chi connectivity index (χ3v) is 3.89. The Labute approximate surface area is 153 Å². The van der Waals surface area contributed by atoms with Crippen LogP contribution in [-0.2, 0) is 10.9 Å². The standard InChI is InChI=1S/C18H17F3N4O2/c1-11-3-5-12(6-4-11)13-9-15(18(19,20)21)25-16(23-13)10-14(24-25)17(26)22-7-8-27-2/h3-6,9-10H,7-8H2,1-2H3,(H,22,26). The summed E-state index contributed by atoms with van der Waals surface area (Å²) in [4.78, 5) is 16.3. The lowest BCUT2D eigenvalue weighted by Crippen LogP contribution is -2.27. The van der Waals surface area contributed by atoms with Crippen LogP contribution in [0, 0.1) is 6.92 Å². The SMILES string of the molecule is COCCNC(=O)c1cc2nc(-c3ccc(C)cc3)cc(C(F)(F)F)n2n1. The van der Waals surface area contributed by atoms with Crippen molar-refractivity contribution in [3.8, 4) is 11.3 Å². The maximum atomic E-state index is 13.5. The Bertz CT molecular complexity index is 965. The lowest BCUT2D eigenvalue weighted by Gasteiger charge is -2.11. The molecule has 1 aromatic carbocycles. The predicted molar refractivity (Wildman–Crippen MR) is 92.4 cm³/mol. The van der Waals surface area contributed by atoms with Crippen LogP contribution >= 0.6 is 0 Å². The molecule has 9 heteroatoms. The van der Waals surface area contributed by atoms with Gasteiger partial charge in [-0.25, -0.2) is 9.50 Å². The van der Waals surface area contributed by atoms with E-state index in [0.717, 1.165) is 11.6 Å². The minimum atomic E-state index is -4.66. The van der Waals surface area contributed by atoms with Gasteiger partial charge in [0.25, 0.3) is 5.91 Å². The normalized spacial score (nSPS) is 11.7. The van der Waals surface area contributed by atoms with Crippen molar-refractivity contribution in [1.29, 1.82) is 0 Å². The van der Waals surface area contributed by atoms with E-state index in [-0.39, 0.29) is 30.2 Å². The average molecular weight is 378 g/mol. The fourth-order valence-corrected chi connectivity index (χ4v) is 2.52. The predicted octanol–water partition coefficient (Wildman–Crippen LogP) is 3.10. The highest BCUT2D eigenvalue weighted by atomic mass is 19.4. The Morgan fingerprint density at radius 1 is 1.22 bits per heavy atom. The molecule has 142 valence electrons.